The largest absolute Gasteiger partial charge is 0.325 e. The first kappa shape index (κ1) is 9.06. The smallest absolute Gasteiger partial charge is 0.221 e. The van der Waals surface area contributed by atoms with E-state index in [1.165, 1.54) is 6.92 Å². The normalized spacial score (nSPS) is 9.50. The van der Waals surface area contributed by atoms with Crippen LogP contribution >= 0.6 is 11.8 Å². The molecule has 1 rings (SSSR count). The lowest BCUT2D eigenvalue weighted by atomic mass is 10.4. The van der Waals surface area contributed by atoms with E-state index in [9.17, 15) is 4.79 Å². The first-order valence-electron chi connectivity index (χ1n) is 3.49. The zero-order valence-corrected chi connectivity index (χ0v) is 7.81. The quantitative estimate of drug-likeness (QED) is 0.709. The molecule has 0 bridgehead atoms. The van der Waals surface area contributed by atoms with Crippen LogP contribution in [0.1, 0.15) is 6.92 Å². The van der Waals surface area contributed by atoms with Crippen LogP contribution in [0.5, 0.6) is 0 Å². The lowest BCUT2D eigenvalue weighted by molar-refractivity contribution is -0.114. The minimum absolute atomic E-state index is 0.0740. The maximum Gasteiger partial charge on any atom is 0.221 e. The number of anilines is 1. The molecule has 4 heteroatoms. The van der Waals surface area contributed by atoms with E-state index in [0.717, 1.165) is 10.6 Å². The second-order valence-electron chi connectivity index (χ2n) is 2.29. The third kappa shape index (κ3) is 2.54. The van der Waals surface area contributed by atoms with Crippen LogP contribution in [0.4, 0.5) is 5.69 Å². The highest BCUT2D eigenvalue weighted by Gasteiger charge is 1.96. The van der Waals surface area contributed by atoms with E-state index in [1.807, 2.05) is 12.3 Å². The minimum Gasteiger partial charge on any atom is -0.325 e. The number of aromatic nitrogens is 1. The molecule has 1 aromatic rings. The predicted octanol–water partition coefficient (Wildman–Crippen LogP) is 1.76. The van der Waals surface area contributed by atoms with Crippen molar-refractivity contribution in [2.24, 2.45) is 0 Å². The van der Waals surface area contributed by atoms with Crippen molar-refractivity contribution >= 4 is 23.4 Å². The summed E-state index contributed by atoms with van der Waals surface area (Å²) in [7, 11) is 0. The molecule has 1 N–H and O–H groups in total. The zero-order chi connectivity index (χ0) is 8.97. The molecule has 0 saturated carbocycles. The van der Waals surface area contributed by atoms with E-state index >= 15 is 0 Å². The molecule has 0 aromatic carbocycles. The van der Waals surface area contributed by atoms with Gasteiger partial charge in [-0.1, -0.05) is 0 Å². The monoisotopic (exact) mass is 182 g/mol. The van der Waals surface area contributed by atoms with Crippen molar-refractivity contribution in [1.29, 1.82) is 0 Å². The van der Waals surface area contributed by atoms with Crippen molar-refractivity contribution in [2.45, 2.75) is 11.8 Å². The van der Waals surface area contributed by atoms with Crippen LogP contribution in [-0.4, -0.2) is 17.1 Å². The molecule has 1 aromatic heterocycles. The van der Waals surface area contributed by atoms with Crippen molar-refractivity contribution in [1.82, 2.24) is 4.98 Å². The highest BCUT2D eigenvalue weighted by molar-refractivity contribution is 7.98. The molecule has 0 fully saturated rings. The Labute approximate surface area is 75.6 Å². The Morgan fingerprint density at radius 2 is 2.33 bits per heavy atom. The van der Waals surface area contributed by atoms with Crippen molar-refractivity contribution in [3.05, 3.63) is 18.5 Å². The van der Waals surface area contributed by atoms with Gasteiger partial charge in [-0.05, 0) is 12.3 Å². The second kappa shape index (κ2) is 4.11. The van der Waals surface area contributed by atoms with Crippen molar-refractivity contribution < 1.29 is 4.79 Å². The lowest BCUT2D eigenvalue weighted by Gasteiger charge is -2.01. The lowest BCUT2D eigenvalue weighted by Crippen LogP contribution is -2.05. The first-order chi connectivity index (χ1) is 5.72. The molecular formula is C8H10N2OS. The van der Waals surface area contributed by atoms with Crippen molar-refractivity contribution in [2.75, 3.05) is 11.6 Å². The Balaban J connectivity index is 2.79. The molecule has 12 heavy (non-hydrogen) atoms. The van der Waals surface area contributed by atoms with Crippen molar-refractivity contribution in [3.63, 3.8) is 0 Å². The molecule has 0 unspecified atom stereocenters. The van der Waals surface area contributed by atoms with Crippen molar-refractivity contribution in [3.8, 4) is 0 Å². The topological polar surface area (TPSA) is 42.0 Å². The van der Waals surface area contributed by atoms with Crippen LogP contribution in [0.15, 0.2) is 23.4 Å². The van der Waals surface area contributed by atoms with Gasteiger partial charge >= 0.3 is 0 Å². The van der Waals surface area contributed by atoms with E-state index < -0.39 is 0 Å². The van der Waals surface area contributed by atoms with Gasteiger partial charge in [0.1, 0.15) is 0 Å². The minimum atomic E-state index is -0.0740. The Kier molecular flexibility index (Phi) is 3.10. The van der Waals surface area contributed by atoms with Gasteiger partial charge in [0.2, 0.25) is 5.91 Å². The van der Waals surface area contributed by atoms with Gasteiger partial charge in [0.15, 0.2) is 0 Å². The summed E-state index contributed by atoms with van der Waals surface area (Å²) in [5, 5.41) is 2.66. The summed E-state index contributed by atoms with van der Waals surface area (Å²) in [5.74, 6) is -0.0740. The summed E-state index contributed by atoms with van der Waals surface area (Å²) in [6, 6.07) is 1.89. The fourth-order valence-electron chi connectivity index (χ4n) is 0.802. The summed E-state index contributed by atoms with van der Waals surface area (Å²) in [5.41, 5.74) is 0.745. The Morgan fingerprint density at radius 1 is 1.58 bits per heavy atom. The zero-order valence-electron chi connectivity index (χ0n) is 7.00. The Hall–Kier alpha value is -1.03. The van der Waals surface area contributed by atoms with Gasteiger partial charge in [-0.2, -0.15) is 0 Å². The number of carbonyl (C=O) groups excluding carboxylic acids is 1. The van der Waals surface area contributed by atoms with Gasteiger partial charge in [0, 0.05) is 18.0 Å². The summed E-state index contributed by atoms with van der Waals surface area (Å²) in [4.78, 5) is 15.7. The Morgan fingerprint density at radius 3 is 2.92 bits per heavy atom. The van der Waals surface area contributed by atoms with Crippen LogP contribution in [0, 0.1) is 0 Å². The summed E-state index contributed by atoms with van der Waals surface area (Å²) in [6.07, 6.45) is 5.35. The summed E-state index contributed by atoms with van der Waals surface area (Å²) in [6.45, 7) is 1.48. The van der Waals surface area contributed by atoms with Crippen LogP contribution in [0.3, 0.4) is 0 Å². The van der Waals surface area contributed by atoms with Gasteiger partial charge < -0.3 is 5.32 Å². The van der Waals surface area contributed by atoms with E-state index in [0.29, 0.717) is 0 Å². The van der Waals surface area contributed by atoms with Gasteiger partial charge in [-0.25, -0.2) is 0 Å². The number of nitrogens with one attached hydrogen (secondary N) is 1. The molecule has 0 aliphatic carbocycles. The van der Waals surface area contributed by atoms with Gasteiger partial charge in [-0.3, -0.25) is 9.78 Å². The maximum atomic E-state index is 10.7. The highest BCUT2D eigenvalue weighted by Crippen LogP contribution is 2.16. The average molecular weight is 182 g/mol. The maximum absolute atomic E-state index is 10.7. The van der Waals surface area contributed by atoms with E-state index in [1.54, 1.807) is 24.2 Å². The predicted molar refractivity (Wildman–Crippen MR) is 50.3 cm³/mol. The molecule has 1 heterocycles. The molecule has 3 nitrogen and oxygen atoms in total. The van der Waals surface area contributed by atoms with E-state index in [2.05, 4.69) is 10.3 Å². The third-order valence-electron chi connectivity index (χ3n) is 1.27. The molecule has 0 radical (unpaired) electrons. The third-order valence-corrected chi connectivity index (χ3v) is 1.96. The number of nitrogens with zero attached hydrogens (tertiary/aromatic N) is 1. The van der Waals surface area contributed by atoms with Crippen LogP contribution < -0.4 is 5.32 Å². The molecule has 0 saturated heterocycles. The summed E-state index contributed by atoms with van der Waals surface area (Å²) < 4.78 is 0. The number of amides is 1. The fourth-order valence-corrected chi connectivity index (χ4v) is 1.21. The highest BCUT2D eigenvalue weighted by atomic mass is 32.2. The van der Waals surface area contributed by atoms with E-state index in [-0.39, 0.29) is 5.91 Å². The van der Waals surface area contributed by atoms with Gasteiger partial charge in [-0.15, -0.1) is 11.8 Å². The van der Waals surface area contributed by atoms with E-state index in [4.69, 9.17) is 0 Å². The average Bonchev–Trinajstić information content (AvgIpc) is 2.03. The standard InChI is InChI=1S/C8H10N2OS/c1-6(11)10-7-3-8(12-2)5-9-4-7/h3-5H,1-2H3,(H,10,11). The van der Waals surface area contributed by atoms with Gasteiger partial charge in [0.05, 0.1) is 11.9 Å². The molecule has 0 atom stereocenters. The number of hydrogen-bond acceptors (Lipinski definition) is 3. The number of carbonyl (C=O) groups is 1. The SMILES string of the molecule is CSc1cncc(NC(C)=O)c1. The second-order valence-corrected chi connectivity index (χ2v) is 3.17. The summed E-state index contributed by atoms with van der Waals surface area (Å²) >= 11 is 1.60. The van der Waals surface area contributed by atoms with Crippen LogP contribution in [0.25, 0.3) is 0 Å². The number of pyridine rings is 1. The van der Waals surface area contributed by atoms with Gasteiger partial charge in [0.25, 0.3) is 0 Å². The Bertz CT molecular complexity index is 288. The molecule has 0 spiro atoms. The molecular weight excluding hydrogens is 172 g/mol. The first-order valence-corrected chi connectivity index (χ1v) is 4.71. The molecule has 0 aliphatic rings. The number of rotatable bonds is 2. The van der Waals surface area contributed by atoms with Crippen LogP contribution in [-0.2, 0) is 4.79 Å². The number of hydrogen-bond donors (Lipinski definition) is 1. The molecule has 1 amide bonds. The number of thioether (sulfide) groups is 1. The molecule has 64 valence electrons. The van der Waals surface area contributed by atoms with Crippen LogP contribution in [0.2, 0.25) is 0 Å². The fraction of sp³-hybridized carbons (Fsp3) is 0.250. The molecule has 0 aliphatic heterocycles.